The Morgan fingerprint density at radius 2 is 2.12 bits per heavy atom. The molecule has 0 aromatic carbocycles. The van der Waals surface area contributed by atoms with Crippen molar-refractivity contribution in [1.82, 2.24) is 10.3 Å². The second kappa shape index (κ2) is 6.57. The van der Waals surface area contributed by atoms with Crippen LogP contribution in [0, 0.1) is 5.82 Å². The number of unbranched alkanes of at least 4 members (excludes halogenated alkanes) is 1. The summed E-state index contributed by atoms with van der Waals surface area (Å²) in [6, 6.07) is 2.45. The fraction of sp³-hybridized carbons (Fsp3) is 0.364. The second-order valence-corrected chi connectivity index (χ2v) is 3.47. The van der Waals surface area contributed by atoms with Gasteiger partial charge in [-0.3, -0.25) is 9.59 Å². The third-order valence-corrected chi connectivity index (χ3v) is 2.06. The predicted molar refractivity (Wildman–Crippen MR) is 58.0 cm³/mol. The van der Waals surface area contributed by atoms with Crippen molar-refractivity contribution >= 4 is 11.9 Å². The highest BCUT2D eigenvalue weighted by molar-refractivity contribution is 5.92. The average Bonchev–Trinajstić information content (AvgIpc) is 2.29. The number of carboxylic acid groups (broad SMARTS) is 1. The highest BCUT2D eigenvalue weighted by atomic mass is 19.1. The van der Waals surface area contributed by atoms with Gasteiger partial charge in [0.15, 0.2) is 0 Å². The summed E-state index contributed by atoms with van der Waals surface area (Å²) in [5.74, 6) is -1.74. The van der Waals surface area contributed by atoms with E-state index >= 15 is 0 Å². The standard InChI is InChI=1S/C11H13FN2O3/c12-8-4-5-9(14-7-8)11(17)13-6-2-1-3-10(15)16/h4-5,7H,1-3,6H2,(H,13,17)(H,15,16). The van der Waals surface area contributed by atoms with Crippen molar-refractivity contribution in [3.05, 3.63) is 29.8 Å². The van der Waals surface area contributed by atoms with Gasteiger partial charge in [0.25, 0.3) is 5.91 Å². The van der Waals surface area contributed by atoms with Crippen molar-refractivity contribution in [3.8, 4) is 0 Å². The Bertz CT molecular complexity index is 392. The molecule has 0 saturated heterocycles. The molecule has 1 heterocycles. The minimum Gasteiger partial charge on any atom is -0.481 e. The number of nitrogens with zero attached hydrogens (tertiary/aromatic N) is 1. The number of carbonyl (C=O) groups is 2. The molecule has 6 heteroatoms. The first kappa shape index (κ1) is 13.1. The summed E-state index contributed by atoms with van der Waals surface area (Å²) in [6.45, 7) is 0.380. The predicted octanol–water partition coefficient (Wildman–Crippen LogP) is 1.21. The first-order valence-electron chi connectivity index (χ1n) is 5.21. The van der Waals surface area contributed by atoms with Gasteiger partial charge in [-0.15, -0.1) is 0 Å². The fourth-order valence-electron chi connectivity index (χ4n) is 1.20. The Hall–Kier alpha value is -1.98. The molecule has 0 unspecified atom stereocenters. The van der Waals surface area contributed by atoms with E-state index in [0.717, 1.165) is 12.3 Å². The highest BCUT2D eigenvalue weighted by Crippen LogP contribution is 1.98. The fourth-order valence-corrected chi connectivity index (χ4v) is 1.20. The number of amides is 1. The van der Waals surface area contributed by atoms with E-state index in [1.807, 2.05) is 0 Å². The topological polar surface area (TPSA) is 79.3 Å². The lowest BCUT2D eigenvalue weighted by Gasteiger charge is -2.03. The number of halogens is 1. The number of hydrogen-bond donors (Lipinski definition) is 2. The van der Waals surface area contributed by atoms with E-state index in [2.05, 4.69) is 10.3 Å². The van der Waals surface area contributed by atoms with E-state index in [-0.39, 0.29) is 18.0 Å². The SMILES string of the molecule is O=C(O)CCCCNC(=O)c1ccc(F)cn1. The Kier molecular flexibility index (Phi) is 5.06. The number of aromatic nitrogens is 1. The van der Waals surface area contributed by atoms with Gasteiger partial charge in [0, 0.05) is 13.0 Å². The van der Waals surface area contributed by atoms with Crippen LogP contribution in [0.3, 0.4) is 0 Å². The van der Waals surface area contributed by atoms with Crippen LogP contribution in [0.15, 0.2) is 18.3 Å². The van der Waals surface area contributed by atoms with Gasteiger partial charge in [-0.2, -0.15) is 0 Å². The molecule has 0 aliphatic rings. The van der Waals surface area contributed by atoms with E-state index in [1.165, 1.54) is 6.07 Å². The van der Waals surface area contributed by atoms with Crippen LogP contribution in [-0.2, 0) is 4.79 Å². The molecule has 0 aliphatic carbocycles. The summed E-state index contributed by atoms with van der Waals surface area (Å²) in [4.78, 5) is 25.3. The van der Waals surface area contributed by atoms with Gasteiger partial charge < -0.3 is 10.4 Å². The van der Waals surface area contributed by atoms with Crippen molar-refractivity contribution in [1.29, 1.82) is 0 Å². The molecule has 1 aromatic heterocycles. The second-order valence-electron chi connectivity index (χ2n) is 3.47. The summed E-state index contributed by atoms with van der Waals surface area (Å²) >= 11 is 0. The Labute approximate surface area is 97.7 Å². The zero-order valence-corrected chi connectivity index (χ0v) is 9.15. The van der Waals surface area contributed by atoms with E-state index in [9.17, 15) is 14.0 Å². The van der Waals surface area contributed by atoms with Gasteiger partial charge in [0.2, 0.25) is 0 Å². The molecule has 0 atom stereocenters. The van der Waals surface area contributed by atoms with Crippen LogP contribution >= 0.6 is 0 Å². The molecule has 1 rings (SSSR count). The van der Waals surface area contributed by atoms with E-state index in [4.69, 9.17) is 5.11 Å². The summed E-state index contributed by atoms with van der Waals surface area (Å²) < 4.78 is 12.5. The van der Waals surface area contributed by atoms with Gasteiger partial charge in [0.05, 0.1) is 6.20 Å². The molecular formula is C11H13FN2O3. The molecule has 1 amide bonds. The van der Waals surface area contributed by atoms with E-state index in [1.54, 1.807) is 0 Å². The van der Waals surface area contributed by atoms with Crippen LogP contribution in [-0.4, -0.2) is 28.5 Å². The minimum atomic E-state index is -0.850. The molecule has 0 spiro atoms. The number of aliphatic carboxylic acids is 1. The van der Waals surface area contributed by atoms with Gasteiger partial charge in [-0.1, -0.05) is 0 Å². The van der Waals surface area contributed by atoms with Crippen LogP contribution < -0.4 is 5.32 Å². The van der Waals surface area contributed by atoms with Crippen molar-refractivity contribution in [3.63, 3.8) is 0 Å². The van der Waals surface area contributed by atoms with Crippen LogP contribution in [0.2, 0.25) is 0 Å². The molecule has 0 aliphatic heterocycles. The normalized spacial score (nSPS) is 9.94. The van der Waals surface area contributed by atoms with Gasteiger partial charge >= 0.3 is 5.97 Å². The number of hydrogen-bond acceptors (Lipinski definition) is 3. The summed E-state index contributed by atoms with van der Waals surface area (Å²) in [5, 5.41) is 11.0. The van der Waals surface area contributed by atoms with Crippen LogP contribution in [0.25, 0.3) is 0 Å². The number of nitrogens with one attached hydrogen (secondary N) is 1. The van der Waals surface area contributed by atoms with Gasteiger partial charge in [-0.25, -0.2) is 9.37 Å². The Morgan fingerprint density at radius 1 is 1.35 bits per heavy atom. The Balaban J connectivity index is 2.25. The summed E-state index contributed by atoms with van der Waals surface area (Å²) in [5.41, 5.74) is 0.143. The average molecular weight is 240 g/mol. The van der Waals surface area contributed by atoms with Crippen molar-refractivity contribution in [2.45, 2.75) is 19.3 Å². The lowest BCUT2D eigenvalue weighted by molar-refractivity contribution is -0.137. The smallest absolute Gasteiger partial charge is 0.303 e. The van der Waals surface area contributed by atoms with Crippen molar-refractivity contribution in [2.24, 2.45) is 0 Å². The van der Waals surface area contributed by atoms with Crippen LogP contribution in [0.1, 0.15) is 29.8 Å². The zero-order chi connectivity index (χ0) is 12.7. The molecule has 0 radical (unpaired) electrons. The maximum absolute atomic E-state index is 12.5. The third kappa shape index (κ3) is 5.05. The van der Waals surface area contributed by atoms with Crippen LogP contribution in [0.4, 0.5) is 4.39 Å². The summed E-state index contributed by atoms with van der Waals surface area (Å²) in [6.07, 6.45) is 2.15. The highest BCUT2D eigenvalue weighted by Gasteiger charge is 2.06. The molecule has 2 N–H and O–H groups in total. The zero-order valence-electron chi connectivity index (χ0n) is 9.15. The lowest BCUT2D eigenvalue weighted by atomic mass is 10.2. The number of carbonyl (C=O) groups excluding carboxylic acids is 1. The lowest BCUT2D eigenvalue weighted by Crippen LogP contribution is -2.25. The third-order valence-electron chi connectivity index (χ3n) is 2.06. The largest absolute Gasteiger partial charge is 0.481 e. The van der Waals surface area contributed by atoms with E-state index < -0.39 is 11.8 Å². The van der Waals surface area contributed by atoms with E-state index in [0.29, 0.717) is 19.4 Å². The molecule has 17 heavy (non-hydrogen) atoms. The van der Waals surface area contributed by atoms with Crippen LogP contribution in [0.5, 0.6) is 0 Å². The minimum absolute atomic E-state index is 0.0880. The quantitative estimate of drug-likeness (QED) is 0.732. The molecule has 1 aromatic rings. The maximum Gasteiger partial charge on any atom is 0.303 e. The van der Waals surface area contributed by atoms with Crippen molar-refractivity contribution < 1.29 is 19.1 Å². The molecule has 5 nitrogen and oxygen atoms in total. The molecule has 92 valence electrons. The maximum atomic E-state index is 12.5. The monoisotopic (exact) mass is 240 g/mol. The number of carboxylic acids is 1. The first-order valence-corrected chi connectivity index (χ1v) is 5.21. The molecule has 0 saturated carbocycles. The number of pyridine rings is 1. The molecule has 0 fully saturated rings. The molecule has 0 bridgehead atoms. The summed E-state index contributed by atoms with van der Waals surface area (Å²) in [7, 11) is 0. The van der Waals surface area contributed by atoms with Gasteiger partial charge in [0.1, 0.15) is 11.5 Å². The first-order chi connectivity index (χ1) is 8.09. The number of rotatable bonds is 6. The molecular weight excluding hydrogens is 227 g/mol. The van der Waals surface area contributed by atoms with Crippen molar-refractivity contribution in [2.75, 3.05) is 6.54 Å². The Morgan fingerprint density at radius 3 is 2.71 bits per heavy atom. The van der Waals surface area contributed by atoms with Gasteiger partial charge in [-0.05, 0) is 25.0 Å².